The lowest BCUT2D eigenvalue weighted by atomic mass is 10.1. The molecule has 3 aromatic rings. The number of carbonyl (C=O) groups is 3. The molecule has 1 aromatic heterocycles. The fourth-order valence-electron chi connectivity index (χ4n) is 4.20. The predicted octanol–water partition coefficient (Wildman–Crippen LogP) is 2.38. The van der Waals surface area contributed by atoms with Crippen molar-refractivity contribution in [1.82, 2.24) is 20.2 Å². The van der Waals surface area contributed by atoms with Gasteiger partial charge in [-0.15, -0.1) is 0 Å². The van der Waals surface area contributed by atoms with Gasteiger partial charge in [-0.3, -0.25) is 9.59 Å². The maximum atomic E-state index is 14.4. The van der Waals surface area contributed by atoms with E-state index in [0.717, 1.165) is 17.7 Å². The van der Waals surface area contributed by atoms with E-state index >= 15 is 0 Å². The Hall–Kier alpha value is -4.25. The van der Waals surface area contributed by atoms with Crippen LogP contribution in [0.15, 0.2) is 42.5 Å². The van der Waals surface area contributed by atoms with Gasteiger partial charge in [-0.1, -0.05) is 18.2 Å². The van der Waals surface area contributed by atoms with Crippen molar-refractivity contribution in [2.75, 3.05) is 25.1 Å². The molecule has 0 aliphatic carbocycles. The zero-order valence-electron chi connectivity index (χ0n) is 19.0. The Bertz CT molecular complexity index is 1330. The van der Waals surface area contributed by atoms with Crippen LogP contribution in [-0.2, 0) is 27.3 Å². The molecular weight excluding hydrogens is 472 g/mol. The number of ether oxygens (including phenoxy) is 1. The molecule has 3 heterocycles. The second kappa shape index (κ2) is 9.78. The van der Waals surface area contributed by atoms with Crippen LogP contribution < -0.4 is 10.6 Å². The van der Waals surface area contributed by atoms with Gasteiger partial charge < -0.3 is 25.1 Å². The smallest absolute Gasteiger partial charge is 0.257 e. The first kappa shape index (κ1) is 23.5. The first-order chi connectivity index (χ1) is 17.4. The van der Waals surface area contributed by atoms with Gasteiger partial charge in [0, 0.05) is 12.2 Å². The number of aromatic nitrogens is 2. The molecule has 1 atom stereocenters. The van der Waals surface area contributed by atoms with Crippen molar-refractivity contribution in [1.29, 1.82) is 0 Å². The molecule has 36 heavy (non-hydrogen) atoms. The van der Waals surface area contributed by atoms with E-state index in [4.69, 9.17) is 4.74 Å². The summed E-state index contributed by atoms with van der Waals surface area (Å²) in [5, 5.41) is 5.67. The number of nitrogens with zero attached hydrogens (tertiary/aromatic N) is 3. The standard InChI is InChI=1S/C25H21F2N5O4/c26-17-2-1-3-18(27)21(17)23-30-19-11-28-25(35)22(19)24(31-23)29-15-6-4-14(5-7-15)10-20(34)32-8-9-36-13-16(32)12-33/h1-7,12,16H,8-11,13H2,(H,28,35)(H,29,30,31). The van der Waals surface area contributed by atoms with Crippen molar-refractivity contribution in [2.24, 2.45) is 0 Å². The highest BCUT2D eigenvalue weighted by molar-refractivity contribution is 6.03. The maximum Gasteiger partial charge on any atom is 0.257 e. The first-order valence-corrected chi connectivity index (χ1v) is 11.3. The minimum absolute atomic E-state index is 0.104. The maximum absolute atomic E-state index is 14.4. The normalized spacial score (nSPS) is 16.9. The van der Waals surface area contributed by atoms with Crippen LogP contribution in [0.5, 0.6) is 0 Å². The number of carbonyl (C=O) groups excluding carboxylic acids is 3. The van der Waals surface area contributed by atoms with E-state index in [9.17, 15) is 23.2 Å². The van der Waals surface area contributed by atoms with Gasteiger partial charge in [-0.25, -0.2) is 18.7 Å². The molecule has 9 nitrogen and oxygen atoms in total. The number of nitrogens with one attached hydrogen (secondary N) is 2. The van der Waals surface area contributed by atoms with Crippen LogP contribution in [0, 0.1) is 11.6 Å². The summed E-state index contributed by atoms with van der Waals surface area (Å²) in [7, 11) is 0. The highest BCUT2D eigenvalue weighted by atomic mass is 19.1. The molecule has 1 fully saturated rings. The minimum atomic E-state index is -0.815. The molecule has 5 rings (SSSR count). The third-order valence-corrected chi connectivity index (χ3v) is 6.03. The van der Waals surface area contributed by atoms with Gasteiger partial charge in [0.05, 0.1) is 37.4 Å². The fourth-order valence-corrected chi connectivity index (χ4v) is 4.20. The quantitative estimate of drug-likeness (QED) is 0.507. The number of halogens is 2. The Morgan fingerprint density at radius 1 is 1.14 bits per heavy atom. The molecule has 0 saturated carbocycles. The molecule has 2 N–H and O–H groups in total. The van der Waals surface area contributed by atoms with Gasteiger partial charge in [-0.05, 0) is 29.8 Å². The topological polar surface area (TPSA) is 114 Å². The van der Waals surface area contributed by atoms with Crippen LogP contribution in [0.25, 0.3) is 11.4 Å². The van der Waals surface area contributed by atoms with Crippen molar-refractivity contribution in [3.05, 3.63) is 70.9 Å². The van der Waals surface area contributed by atoms with Crippen molar-refractivity contribution < 1.29 is 27.9 Å². The average molecular weight is 493 g/mol. The van der Waals surface area contributed by atoms with Crippen molar-refractivity contribution in [3.8, 4) is 11.4 Å². The van der Waals surface area contributed by atoms with Crippen LogP contribution in [-0.4, -0.2) is 58.8 Å². The Labute approximate surface area is 204 Å². The lowest BCUT2D eigenvalue weighted by Gasteiger charge is -2.32. The largest absolute Gasteiger partial charge is 0.377 e. The van der Waals surface area contributed by atoms with E-state index in [1.165, 1.54) is 11.0 Å². The van der Waals surface area contributed by atoms with Gasteiger partial charge in [0.25, 0.3) is 5.91 Å². The van der Waals surface area contributed by atoms with E-state index in [1.54, 1.807) is 24.3 Å². The lowest BCUT2D eigenvalue weighted by Crippen LogP contribution is -2.50. The van der Waals surface area contributed by atoms with Gasteiger partial charge >= 0.3 is 0 Å². The van der Waals surface area contributed by atoms with E-state index in [0.29, 0.717) is 30.8 Å². The summed E-state index contributed by atoms with van der Waals surface area (Å²) in [5.41, 5.74) is 1.41. The van der Waals surface area contributed by atoms with Gasteiger partial charge in [0.2, 0.25) is 5.91 Å². The van der Waals surface area contributed by atoms with E-state index in [2.05, 4.69) is 20.6 Å². The van der Waals surface area contributed by atoms with Crippen LogP contribution in [0.3, 0.4) is 0 Å². The molecule has 11 heteroatoms. The Morgan fingerprint density at radius 2 is 1.89 bits per heavy atom. The summed E-state index contributed by atoms with van der Waals surface area (Å²) in [5.74, 6) is -2.28. The summed E-state index contributed by atoms with van der Waals surface area (Å²) in [6, 6.07) is 9.74. The molecule has 2 aliphatic rings. The van der Waals surface area contributed by atoms with Crippen LogP contribution in [0.4, 0.5) is 20.3 Å². The van der Waals surface area contributed by atoms with Gasteiger partial charge in [0.1, 0.15) is 35.3 Å². The number of aldehydes is 1. The number of amides is 2. The summed E-state index contributed by atoms with van der Waals surface area (Å²) in [6.45, 7) is 1.04. The minimum Gasteiger partial charge on any atom is -0.377 e. The Morgan fingerprint density at radius 3 is 2.61 bits per heavy atom. The Balaban J connectivity index is 1.39. The third kappa shape index (κ3) is 4.52. The molecule has 184 valence electrons. The molecule has 2 aliphatic heterocycles. The summed E-state index contributed by atoms with van der Waals surface area (Å²) < 4.78 is 34.0. The monoisotopic (exact) mass is 493 g/mol. The van der Waals surface area contributed by atoms with E-state index < -0.39 is 23.6 Å². The lowest BCUT2D eigenvalue weighted by molar-refractivity contribution is -0.142. The van der Waals surface area contributed by atoms with E-state index in [-0.39, 0.29) is 48.2 Å². The summed E-state index contributed by atoms with van der Waals surface area (Å²) >= 11 is 0. The zero-order valence-corrected chi connectivity index (χ0v) is 19.0. The number of fused-ring (bicyclic) bond motifs is 1. The van der Waals surface area contributed by atoms with Gasteiger partial charge in [0.15, 0.2) is 5.82 Å². The highest BCUT2D eigenvalue weighted by Crippen LogP contribution is 2.30. The van der Waals surface area contributed by atoms with Crippen molar-refractivity contribution in [2.45, 2.75) is 19.0 Å². The van der Waals surface area contributed by atoms with Crippen molar-refractivity contribution >= 4 is 29.6 Å². The first-order valence-electron chi connectivity index (χ1n) is 11.3. The second-order valence-electron chi connectivity index (χ2n) is 8.36. The van der Waals surface area contributed by atoms with Crippen molar-refractivity contribution in [3.63, 3.8) is 0 Å². The molecule has 0 bridgehead atoms. The molecule has 2 amide bonds. The Kier molecular flexibility index (Phi) is 6.38. The number of anilines is 2. The summed E-state index contributed by atoms with van der Waals surface area (Å²) in [6.07, 6.45) is 0.814. The SMILES string of the molecule is O=CC1COCCN1C(=O)Cc1ccc(Nc2nc(-c3c(F)cccc3F)nc3c2C(=O)NC3)cc1. The molecular formula is C25H21F2N5O4. The van der Waals surface area contributed by atoms with Gasteiger partial charge in [-0.2, -0.15) is 0 Å². The number of morpholine rings is 1. The molecule has 1 unspecified atom stereocenters. The highest BCUT2D eigenvalue weighted by Gasteiger charge is 2.29. The molecule has 1 saturated heterocycles. The number of hydrogen-bond acceptors (Lipinski definition) is 7. The average Bonchev–Trinajstić information content (AvgIpc) is 3.26. The number of rotatable bonds is 6. The number of hydrogen-bond donors (Lipinski definition) is 2. The van der Waals surface area contributed by atoms with Crippen LogP contribution in [0.2, 0.25) is 0 Å². The summed E-state index contributed by atoms with van der Waals surface area (Å²) in [4.78, 5) is 46.3. The molecule has 0 radical (unpaired) electrons. The predicted molar refractivity (Wildman–Crippen MR) is 124 cm³/mol. The number of benzene rings is 2. The third-order valence-electron chi connectivity index (χ3n) is 6.03. The zero-order chi connectivity index (χ0) is 25.2. The molecule has 2 aromatic carbocycles. The van der Waals surface area contributed by atoms with Crippen LogP contribution in [0.1, 0.15) is 21.6 Å². The fraction of sp³-hybridized carbons (Fsp3) is 0.240. The second-order valence-corrected chi connectivity index (χ2v) is 8.36. The van der Waals surface area contributed by atoms with E-state index in [1.807, 2.05) is 0 Å². The molecule has 0 spiro atoms. The van der Waals surface area contributed by atoms with Crippen LogP contribution >= 0.6 is 0 Å².